The van der Waals surface area contributed by atoms with Gasteiger partial charge in [-0.15, -0.1) is 0 Å². The molecule has 0 aromatic rings. The predicted molar refractivity (Wildman–Crippen MR) is 68.8 cm³/mol. The first-order valence-corrected chi connectivity index (χ1v) is 7.35. The highest BCUT2D eigenvalue weighted by Crippen LogP contribution is 2.13. The molecule has 3 nitrogen and oxygen atoms in total. The van der Waals surface area contributed by atoms with Gasteiger partial charge in [-0.05, 0) is 12.2 Å². The molecule has 0 aromatic carbocycles. The molecule has 0 N–H and O–H groups in total. The molecule has 1 fully saturated rings. The second-order valence-electron chi connectivity index (χ2n) is 4.27. The van der Waals surface area contributed by atoms with Crippen LogP contribution in [0, 0.1) is 5.92 Å². The van der Waals surface area contributed by atoms with Crippen LogP contribution in [0.4, 0.5) is 0 Å². The molecular formula is C12H23NO2S. The smallest absolute Gasteiger partial charge is 0.226 e. The Balaban J connectivity index is 2.18. The van der Waals surface area contributed by atoms with E-state index in [-0.39, 0.29) is 5.92 Å². The fourth-order valence-electron chi connectivity index (χ4n) is 1.67. The Kier molecular flexibility index (Phi) is 6.88. The van der Waals surface area contributed by atoms with E-state index in [1.54, 1.807) is 0 Å². The number of rotatable bonds is 6. The van der Waals surface area contributed by atoms with Gasteiger partial charge < -0.3 is 9.64 Å². The molecule has 0 saturated carbocycles. The van der Waals surface area contributed by atoms with Gasteiger partial charge in [-0.2, -0.15) is 11.8 Å². The second-order valence-corrected chi connectivity index (χ2v) is 5.42. The van der Waals surface area contributed by atoms with Crippen molar-refractivity contribution >= 4 is 17.7 Å². The maximum atomic E-state index is 12.0. The van der Waals surface area contributed by atoms with E-state index in [1.807, 2.05) is 23.6 Å². The zero-order valence-electron chi connectivity index (χ0n) is 10.4. The quantitative estimate of drug-likeness (QED) is 0.671. The molecule has 1 aliphatic heterocycles. The standard InChI is InChI=1S/C12H23NO2S/c1-3-4-9-16-10-11(2)12(14)13-5-7-15-8-6-13/h11H,3-10H2,1-2H3. The number of ether oxygens (including phenoxy) is 1. The van der Waals surface area contributed by atoms with E-state index in [0.717, 1.165) is 18.8 Å². The van der Waals surface area contributed by atoms with Crippen molar-refractivity contribution in [2.75, 3.05) is 37.8 Å². The molecule has 1 aliphatic rings. The molecule has 1 amide bonds. The van der Waals surface area contributed by atoms with Crippen LogP contribution in [0.15, 0.2) is 0 Å². The SMILES string of the molecule is CCCCSCC(C)C(=O)N1CCOCC1. The Hall–Kier alpha value is -0.220. The van der Waals surface area contributed by atoms with E-state index in [4.69, 9.17) is 4.74 Å². The fourth-order valence-corrected chi connectivity index (χ4v) is 2.83. The van der Waals surface area contributed by atoms with Crippen LogP contribution >= 0.6 is 11.8 Å². The van der Waals surface area contributed by atoms with Crippen LogP contribution in [0.5, 0.6) is 0 Å². The molecule has 0 bridgehead atoms. The molecule has 0 radical (unpaired) electrons. The molecule has 0 aromatic heterocycles. The van der Waals surface area contributed by atoms with Gasteiger partial charge in [0.15, 0.2) is 0 Å². The van der Waals surface area contributed by atoms with Crippen LogP contribution in [-0.2, 0) is 9.53 Å². The number of nitrogens with zero attached hydrogens (tertiary/aromatic N) is 1. The first-order valence-electron chi connectivity index (χ1n) is 6.20. The van der Waals surface area contributed by atoms with Crippen LogP contribution in [-0.4, -0.2) is 48.6 Å². The summed E-state index contributed by atoms with van der Waals surface area (Å²) in [5.41, 5.74) is 0. The summed E-state index contributed by atoms with van der Waals surface area (Å²) < 4.78 is 5.24. The number of morpholine rings is 1. The molecule has 4 heteroatoms. The molecule has 1 saturated heterocycles. The third kappa shape index (κ3) is 4.74. The third-order valence-electron chi connectivity index (χ3n) is 2.75. The average Bonchev–Trinajstić information content (AvgIpc) is 2.34. The van der Waals surface area contributed by atoms with Crippen molar-refractivity contribution in [3.8, 4) is 0 Å². The lowest BCUT2D eigenvalue weighted by atomic mass is 10.2. The van der Waals surface area contributed by atoms with E-state index >= 15 is 0 Å². The monoisotopic (exact) mass is 245 g/mol. The number of hydrogen-bond acceptors (Lipinski definition) is 3. The second kappa shape index (κ2) is 7.96. The van der Waals surface area contributed by atoms with E-state index in [2.05, 4.69) is 6.92 Å². The summed E-state index contributed by atoms with van der Waals surface area (Å²) in [7, 11) is 0. The maximum Gasteiger partial charge on any atom is 0.226 e. The van der Waals surface area contributed by atoms with E-state index in [1.165, 1.54) is 18.6 Å². The molecule has 0 spiro atoms. The summed E-state index contributed by atoms with van der Waals surface area (Å²) in [6, 6.07) is 0. The summed E-state index contributed by atoms with van der Waals surface area (Å²) >= 11 is 1.90. The molecule has 1 heterocycles. The van der Waals surface area contributed by atoms with Crippen LogP contribution < -0.4 is 0 Å². The first kappa shape index (κ1) is 13.8. The minimum absolute atomic E-state index is 0.153. The molecular weight excluding hydrogens is 222 g/mol. The van der Waals surface area contributed by atoms with E-state index in [9.17, 15) is 4.79 Å². The minimum atomic E-state index is 0.153. The summed E-state index contributed by atoms with van der Waals surface area (Å²) in [5.74, 6) is 2.58. The average molecular weight is 245 g/mol. The fraction of sp³-hybridized carbons (Fsp3) is 0.917. The Morgan fingerprint density at radius 1 is 1.44 bits per heavy atom. The van der Waals surface area contributed by atoms with Crippen molar-refractivity contribution in [3.63, 3.8) is 0 Å². The highest BCUT2D eigenvalue weighted by atomic mass is 32.2. The van der Waals surface area contributed by atoms with Gasteiger partial charge in [-0.25, -0.2) is 0 Å². The highest BCUT2D eigenvalue weighted by molar-refractivity contribution is 7.99. The zero-order chi connectivity index (χ0) is 11.8. The Labute approximate surface area is 103 Å². The van der Waals surface area contributed by atoms with Gasteiger partial charge in [0.05, 0.1) is 13.2 Å². The number of carbonyl (C=O) groups excluding carboxylic acids is 1. The first-order chi connectivity index (χ1) is 7.75. The lowest BCUT2D eigenvalue weighted by Crippen LogP contribution is -2.43. The number of thioether (sulfide) groups is 1. The van der Waals surface area contributed by atoms with Crippen molar-refractivity contribution in [1.82, 2.24) is 4.90 Å². The largest absolute Gasteiger partial charge is 0.378 e. The summed E-state index contributed by atoms with van der Waals surface area (Å²) in [4.78, 5) is 14.0. The number of amides is 1. The number of unbranched alkanes of at least 4 members (excludes halogenated alkanes) is 1. The normalized spacial score (nSPS) is 18.5. The third-order valence-corrected chi connectivity index (χ3v) is 4.07. The van der Waals surface area contributed by atoms with Gasteiger partial charge in [0, 0.05) is 24.8 Å². The summed E-state index contributed by atoms with van der Waals surface area (Å²) in [6.07, 6.45) is 2.49. The zero-order valence-corrected chi connectivity index (χ0v) is 11.2. The van der Waals surface area contributed by atoms with Crippen LogP contribution in [0.25, 0.3) is 0 Å². The van der Waals surface area contributed by atoms with E-state index in [0.29, 0.717) is 19.1 Å². The number of hydrogen-bond donors (Lipinski definition) is 0. The van der Waals surface area contributed by atoms with Gasteiger partial charge >= 0.3 is 0 Å². The minimum Gasteiger partial charge on any atom is -0.378 e. The molecule has 1 unspecified atom stereocenters. The van der Waals surface area contributed by atoms with Gasteiger partial charge in [0.25, 0.3) is 0 Å². The lowest BCUT2D eigenvalue weighted by Gasteiger charge is -2.29. The van der Waals surface area contributed by atoms with Crippen molar-refractivity contribution < 1.29 is 9.53 Å². The molecule has 1 atom stereocenters. The number of carbonyl (C=O) groups is 1. The summed E-state index contributed by atoms with van der Waals surface area (Å²) in [6.45, 7) is 7.16. The predicted octanol–water partition coefficient (Wildman–Crippen LogP) is 2.01. The summed E-state index contributed by atoms with van der Waals surface area (Å²) in [5, 5.41) is 0. The van der Waals surface area contributed by atoms with Gasteiger partial charge in [-0.1, -0.05) is 20.3 Å². The Morgan fingerprint density at radius 2 is 2.12 bits per heavy atom. The topological polar surface area (TPSA) is 29.5 Å². The van der Waals surface area contributed by atoms with Crippen molar-refractivity contribution in [2.45, 2.75) is 26.7 Å². The van der Waals surface area contributed by atoms with E-state index < -0.39 is 0 Å². The molecule has 1 rings (SSSR count). The Bertz CT molecular complexity index is 205. The van der Waals surface area contributed by atoms with Crippen molar-refractivity contribution in [3.05, 3.63) is 0 Å². The Morgan fingerprint density at radius 3 is 2.75 bits per heavy atom. The maximum absolute atomic E-state index is 12.0. The van der Waals surface area contributed by atoms with Gasteiger partial charge in [0.1, 0.15) is 0 Å². The van der Waals surface area contributed by atoms with Crippen LogP contribution in [0.2, 0.25) is 0 Å². The van der Waals surface area contributed by atoms with Crippen molar-refractivity contribution in [2.24, 2.45) is 5.92 Å². The lowest BCUT2D eigenvalue weighted by molar-refractivity contribution is -0.138. The molecule has 94 valence electrons. The van der Waals surface area contributed by atoms with Crippen LogP contribution in [0.1, 0.15) is 26.7 Å². The van der Waals surface area contributed by atoms with Crippen molar-refractivity contribution in [1.29, 1.82) is 0 Å². The highest BCUT2D eigenvalue weighted by Gasteiger charge is 2.21. The van der Waals surface area contributed by atoms with Gasteiger partial charge in [-0.3, -0.25) is 4.79 Å². The van der Waals surface area contributed by atoms with Gasteiger partial charge in [0.2, 0.25) is 5.91 Å². The molecule has 0 aliphatic carbocycles. The molecule has 16 heavy (non-hydrogen) atoms. The van der Waals surface area contributed by atoms with Crippen LogP contribution in [0.3, 0.4) is 0 Å².